The van der Waals surface area contributed by atoms with E-state index in [9.17, 15) is 0 Å². The molecule has 1 heterocycles. The van der Waals surface area contributed by atoms with Gasteiger partial charge in [0.2, 0.25) is 0 Å². The van der Waals surface area contributed by atoms with Gasteiger partial charge < -0.3 is 14.6 Å². The SMILES string of the molecule is CNCB1OC2CC3CC(C3(C)C)C2(C)O1.Cl. The van der Waals surface area contributed by atoms with E-state index in [1.165, 1.54) is 12.8 Å². The fourth-order valence-corrected chi connectivity index (χ4v) is 4.20. The maximum Gasteiger partial charge on any atom is 0.472 e. The van der Waals surface area contributed by atoms with Gasteiger partial charge in [-0.1, -0.05) is 13.8 Å². The lowest BCUT2D eigenvalue weighted by Gasteiger charge is -2.64. The summed E-state index contributed by atoms with van der Waals surface area (Å²) in [5, 5.41) is 3.14. The predicted molar refractivity (Wildman–Crippen MR) is 71.3 cm³/mol. The molecular weight excluding hydrogens is 236 g/mol. The smallest absolute Gasteiger partial charge is 0.405 e. The zero-order valence-electron chi connectivity index (χ0n) is 11.2. The summed E-state index contributed by atoms with van der Waals surface area (Å²) in [6.07, 6.45) is 3.63. The molecule has 0 aromatic heterocycles. The minimum absolute atomic E-state index is 0. The van der Waals surface area contributed by atoms with Gasteiger partial charge >= 0.3 is 7.12 Å². The van der Waals surface area contributed by atoms with E-state index >= 15 is 0 Å². The second kappa shape index (κ2) is 4.12. The Morgan fingerprint density at radius 2 is 2.00 bits per heavy atom. The number of nitrogens with one attached hydrogen (secondary N) is 1. The largest absolute Gasteiger partial charge is 0.472 e. The summed E-state index contributed by atoms with van der Waals surface area (Å²) in [4.78, 5) is 0. The third kappa shape index (κ3) is 1.68. The van der Waals surface area contributed by atoms with E-state index in [1.807, 2.05) is 7.05 Å². The molecule has 1 N–H and O–H groups in total. The Bertz CT molecular complexity index is 315. The van der Waals surface area contributed by atoms with Crippen LogP contribution in [0.25, 0.3) is 0 Å². The van der Waals surface area contributed by atoms with Crippen molar-refractivity contribution >= 4 is 19.5 Å². The molecule has 3 saturated carbocycles. The number of hydrogen-bond acceptors (Lipinski definition) is 3. The maximum atomic E-state index is 6.19. The van der Waals surface area contributed by atoms with Crippen molar-refractivity contribution in [1.29, 1.82) is 0 Å². The topological polar surface area (TPSA) is 30.5 Å². The van der Waals surface area contributed by atoms with E-state index < -0.39 is 0 Å². The molecule has 0 radical (unpaired) electrons. The maximum absolute atomic E-state index is 6.19. The van der Waals surface area contributed by atoms with Crippen molar-refractivity contribution in [2.75, 3.05) is 13.5 Å². The van der Waals surface area contributed by atoms with Crippen LogP contribution in [-0.2, 0) is 9.31 Å². The van der Waals surface area contributed by atoms with Crippen molar-refractivity contribution < 1.29 is 9.31 Å². The van der Waals surface area contributed by atoms with Gasteiger partial charge in [0.05, 0.1) is 11.7 Å². The van der Waals surface area contributed by atoms with E-state index in [2.05, 4.69) is 26.1 Å². The fraction of sp³-hybridized carbons (Fsp3) is 1.00. The van der Waals surface area contributed by atoms with Crippen molar-refractivity contribution in [2.45, 2.75) is 45.3 Å². The zero-order chi connectivity index (χ0) is 11.6. The van der Waals surface area contributed by atoms with E-state index in [-0.39, 0.29) is 25.1 Å². The molecule has 0 aromatic rings. The lowest BCUT2D eigenvalue weighted by molar-refractivity contribution is -0.199. The molecule has 1 aliphatic heterocycles. The standard InChI is InChI=1S/C12H22BNO2.ClH/c1-11(2)8-5-9(11)12(3)10(6-8)15-13(16-12)7-14-4;/h8-10,14H,5-7H2,1-4H3;1H. The van der Waals surface area contributed by atoms with Crippen LogP contribution in [0.2, 0.25) is 0 Å². The monoisotopic (exact) mass is 259 g/mol. The number of halogens is 1. The Morgan fingerprint density at radius 3 is 2.59 bits per heavy atom. The highest BCUT2D eigenvalue weighted by Gasteiger charge is 2.67. The van der Waals surface area contributed by atoms with Gasteiger partial charge in [0.1, 0.15) is 0 Å². The Kier molecular flexibility index (Phi) is 3.31. The second-order valence-corrected chi connectivity index (χ2v) is 6.46. The van der Waals surface area contributed by atoms with Gasteiger partial charge in [-0.25, -0.2) is 0 Å². The van der Waals surface area contributed by atoms with E-state index in [1.54, 1.807) is 0 Å². The third-order valence-electron chi connectivity index (χ3n) is 5.37. The molecule has 0 amide bonds. The van der Waals surface area contributed by atoms with Crippen molar-refractivity contribution in [2.24, 2.45) is 17.3 Å². The van der Waals surface area contributed by atoms with Gasteiger partial charge in [0.15, 0.2) is 0 Å². The molecule has 4 fully saturated rings. The average molecular weight is 260 g/mol. The fourth-order valence-electron chi connectivity index (χ4n) is 4.20. The summed E-state index contributed by atoms with van der Waals surface area (Å²) < 4.78 is 12.2. The van der Waals surface area contributed by atoms with Crippen LogP contribution >= 0.6 is 12.4 Å². The number of hydrogen-bond donors (Lipinski definition) is 1. The van der Waals surface area contributed by atoms with Crippen LogP contribution in [0.4, 0.5) is 0 Å². The molecule has 2 bridgehead atoms. The van der Waals surface area contributed by atoms with E-state index in [0.717, 1.165) is 12.4 Å². The summed E-state index contributed by atoms with van der Waals surface area (Å²) in [6.45, 7) is 7.04. The molecule has 4 atom stereocenters. The lowest BCUT2D eigenvalue weighted by Crippen LogP contribution is -2.65. The summed E-state index contributed by atoms with van der Waals surface area (Å²) in [6, 6.07) is 0. The lowest BCUT2D eigenvalue weighted by atomic mass is 9.43. The number of rotatable bonds is 2. The third-order valence-corrected chi connectivity index (χ3v) is 5.37. The van der Waals surface area contributed by atoms with Crippen LogP contribution in [0.1, 0.15) is 33.6 Å². The van der Waals surface area contributed by atoms with Crippen molar-refractivity contribution in [3.8, 4) is 0 Å². The summed E-state index contributed by atoms with van der Waals surface area (Å²) >= 11 is 0. The molecule has 4 aliphatic rings. The molecular formula is C12H23BClNO2. The van der Waals surface area contributed by atoms with Gasteiger partial charge in [-0.2, -0.15) is 0 Å². The van der Waals surface area contributed by atoms with Gasteiger partial charge in [0.25, 0.3) is 0 Å². The highest BCUT2D eigenvalue weighted by molar-refractivity contribution is 6.45. The highest BCUT2D eigenvalue weighted by atomic mass is 35.5. The quantitative estimate of drug-likeness (QED) is 0.769. The van der Waals surface area contributed by atoms with E-state index in [0.29, 0.717) is 17.4 Å². The first-order chi connectivity index (χ1) is 7.48. The van der Waals surface area contributed by atoms with Crippen LogP contribution in [0.15, 0.2) is 0 Å². The molecule has 3 aliphatic carbocycles. The first-order valence-electron chi connectivity index (χ1n) is 6.46. The average Bonchev–Trinajstić information content (AvgIpc) is 2.53. The Balaban J connectivity index is 0.00000108. The summed E-state index contributed by atoms with van der Waals surface area (Å²) in [7, 11) is 1.90. The highest BCUT2D eigenvalue weighted by Crippen LogP contribution is 2.65. The van der Waals surface area contributed by atoms with Crippen LogP contribution in [0.5, 0.6) is 0 Å². The minimum atomic E-state index is -0.0462. The second-order valence-electron chi connectivity index (χ2n) is 6.46. The van der Waals surface area contributed by atoms with Gasteiger partial charge in [-0.15, -0.1) is 12.4 Å². The van der Waals surface area contributed by atoms with Crippen LogP contribution < -0.4 is 5.32 Å². The molecule has 4 rings (SSSR count). The van der Waals surface area contributed by atoms with Crippen LogP contribution in [0, 0.1) is 17.3 Å². The summed E-state index contributed by atoms with van der Waals surface area (Å²) in [5.41, 5.74) is 0.406. The van der Waals surface area contributed by atoms with Crippen LogP contribution in [0.3, 0.4) is 0 Å². The molecule has 98 valence electrons. The Morgan fingerprint density at radius 1 is 1.29 bits per heavy atom. The molecule has 0 aromatic carbocycles. The normalized spacial score (nSPS) is 45.9. The predicted octanol–water partition coefficient (Wildman–Crippen LogP) is 1.90. The zero-order valence-corrected chi connectivity index (χ0v) is 12.0. The van der Waals surface area contributed by atoms with Gasteiger partial charge in [-0.3, -0.25) is 0 Å². The van der Waals surface area contributed by atoms with Gasteiger partial charge in [0, 0.05) is 6.44 Å². The van der Waals surface area contributed by atoms with Crippen LogP contribution in [-0.4, -0.2) is 32.3 Å². The molecule has 3 nitrogen and oxygen atoms in total. The van der Waals surface area contributed by atoms with Gasteiger partial charge in [-0.05, 0) is 44.1 Å². The Labute approximate surface area is 111 Å². The summed E-state index contributed by atoms with van der Waals surface area (Å²) in [5.74, 6) is 1.51. The molecule has 0 spiro atoms. The first kappa shape index (κ1) is 13.7. The van der Waals surface area contributed by atoms with Crippen molar-refractivity contribution in [3.63, 3.8) is 0 Å². The van der Waals surface area contributed by atoms with Crippen molar-refractivity contribution in [3.05, 3.63) is 0 Å². The molecule has 5 heteroatoms. The van der Waals surface area contributed by atoms with E-state index in [4.69, 9.17) is 9.31 Å². The molecule has 17 heavy (non-hydrogen) atoms. The minimum Gasteiger partial charge on any atom is -0.405 e. The first-order valence-corrected chi connectivity index (χ1v) is 6.46. The molecule has 4 unspecified atom stereocenters. The molecule has 1 saturated heterocycles. The Hall–Kier alpha value is 0.235. The van der Waals surface area contributed by atoms with Crippen molar-refractivity contribution in [1.82, 2.24) is 5.32 Å².